The molecule has 0 saturated heterocycles. The first-order valence-corrected chi connectivity index (χ1v) is 8.44. The maximum Gasteiger partial charge on any atom is 0.261 e. The van der Waals surface area contributed by atoms with Gasteiger partial charge in [-0.3, -0.25) is 19.2 Å². The third-order valence-corrected chi connectivity index (χ3v) is 4.62. The molecule has 0 atom stereocenters. The lowest BCUT2D eigenvalue weighted by Crippen LogP contribution is -2.29. The van der Waals surface area contributed by atoms with Crippen molar-refractivity contribution < 1.29 is 4.39 Å². The van der Waals surface area contributed by atoms with Crippen LogP contribution in [0.15, 0.2) is 41.2 Å². The van der Waals surface area contributed by atoms with Crippen molar-refractivity contribution in [2.24, 2.45) is 0 Å². The Kier molecular flexibility index (Phi) is 4.05. The van der Waals surface area contributed by atoms with Crippen LogP contribution >= 0.6 is 0 Å². The van der Waals surface area contributed by atoms with E-state index in [1.165, 1.54) is 12.1 Å². The molecule has 0 N–H and O–H groups in total. The van der Waals surface area contributed by atoms with Crippen molar-refractivity contribution >= 4 is 10.9 Å². The van der Waals surface area contributed by atoms with Gasteiger partial charge in [-0.05, 0) is 37.3 Å². The molecule has 4 rings (SSSR count). The Morgan fingerprint density at radius 2 is 2.00 bits per heavy atom. The van der Waals surface area contributed by atoms with E-state index in [1.54, 1.807) is 10.6 Å². The highest BCUT2D eigenvalue weighted by atomic mass is 19.1. The summed E-state index contributed by atoms with van der Waals surface area (Å²) in [7, 11) is 0. The van der Waals surface area contributed by atoms with Crippen LogP contribution < -0.4 is 5.56 Å². The summed E-state index contributed by atoms with van der Waals surface area (Å²) in [4.78, 5) is 24.1. The smallest absolute Gasteiger partial charge is 0.261 e. The van der Waals surface area contributed by atoms with Gasteiger partial charge < -0.3 is 0 Å². The van der Waals surface area contributed by atoms with E-state index in [-0.39, 0.29) is 5.56 Å². The zero-order valence-corrected chi connectivity index (χ0v) is 14.1. The second-order valence-electron chi connectivity index (χ2n) is 6.44. The number of hydrogen-bond donors (Lipinski definition) is 0. The minimum Gasteiger partial charge on any atom is -0.295 e. The highest BCUT2D eigenvalue weighted by molar-refractivity contribution is 5.77. The topological polar surface area (TPSA) is 51.0 Å². The molecule has 3 aromatic rings. The molecular weight excluding hydrogens is 319 g/mol. The number of nitrogens with zero attached hydrogens (tertiary/aromatic N) is 4. The number of rotatable bonds is 2. The molecule has 0 fully saturated rings. The molecule has 0 amide bonds. The van der Waals surface area contributed by atoms with Crippen LogP contribution in [-0.4, -0.2) is 32.5 Å². The van der Waals surface area contributed by atoms with Gasteiger partial charge in [0.1, 0.15) is 11.6 Å². The lowest BCUT2D eigenvalue weighted by Gasteiger charge is -2.18. The van der Waals surface area contributed by atoms with Crippen LogP contribution in [0.1, 0.15) is 17.2 Å². The van der Waals surface area contributed by atoms with Crippen LogP contribution in [0.5, 0.6) is 0 Å². The monoisotopic (exact) mass is 338 g/mol. The molecule has 0 saturated carbocycles. The minimum atomic E-state index is -0.410. The average Bonchev–Trinajstić information content (AvgIpc) is 2.79. The molecule has 6 heteroatoms. The standard InChI is InChI=1S/C19H19FN4O/c1-13-3-2-4-15(21-13)12-23-8-7-18-22-17-6-5-14(20)11-16(17)19(25)24(18)10-9-23/h2-6,11H,7-10,12H2,1H3. The summed E-state index contributed by atoms with van der Waals surface area (Å²) >= 11 is 0. The van der Waals surface area contributed by atoms with Crippen molar-refractivity contribution in [1.29, 1.82) is 0 Å². The summed E-state index contributed by atoms with van der Waals surface area (Å²) in [5.74, 6) is 0.358. The number of benzene rings is 1. The molecule has 0 spiro atoms. The molecule has 25 heavy (non-hydrogen) atoms. The number of aromatic nitrogens is 3. The van der Waals surface area contributed by atoms with Crippen LogP contribution in [0.2, 0.25) is 0 Å². The summed E-state index contributed by atoms with van der Waals surface area (Å²) < 4.78 is 15.2. The van der Waals surface area contributed by atoms with Gasteiger partial charge in [-0.15, -0.1) is 0 Å². The van der Waals surface area contributed by atoms with Gasteiger partial charge in [-0.1, -0.05) is 6.07 Å². The van der Waals surface area contributed by atoms with Gasteiger partial charge in [0.15, 0.2) is 0 Å². The van der Waals surface area contributed by atoms with Crippen molar-refractivity contribution in [3.05, 3.63) is 69.8 Å². The molecule has 3 heterocycles. The molecule has 0 bridgehead atoms. The molecule has 5 nitrogen and oxygen atoms in total. The first-order valence-electron chi connectivity index (χ1n) is 8.44. The predicted molar refractivity (Wildman–Crippen MR) is 93.9 cm³/mol. The van der Waals surface area contributed by atoms with Gasteiger partial charge in [0.05, 0.1) is 16.6 Å². The van der Waals surface area contributed by atoms with Crippen LogP contribution in [0.3, 0.4) is 0 Å². The molecule has 1 aliphatic rings. The Morgan fingerprint density at radius 3 is 2.84 bits per heavy atom. The molecule has 0 radical (unpaired) electrons. The van der Waals surface area contributed by atoms with Crippen LogP contribution in [0.4, 0.5) is 4.39 Å². The van der Waals surface area contributed by atoms with Gasteiger partial charge in [-0.2, -0.15) is 0 Å². The van der Waals surface area contributed by atoms with Gasteiger partial charge in [0.25, 0.3) is 5.56 Å². The van der Waals surface area contributed by atoms with E-state index in [0.717, 1.165) is 36.8 Å². The molecule has 128 valence electrons. The zero-order valence-electron chi connectivity index (χ0n) is 14.1. The van der Waals surface area contributed by atoms with Crippen molar-refractivity contribution in [3.63, 3.8) is 0 Å². The van der Waals surface area contributed by atoms with Crippen LogP contribution in [-0.2, 0) is 19.5 Å². The highest BCUT2D eigenvalue weighted by Gasteiger charge is 2.18. The molecule has 0 unspecified atom stereocenters. The fourth-order valence-electron chi connectivity index (χ4n) is 3.35. The first-order chi connectivity index (χ1) is 12.1. The number of pyridine rings is 1. The predicted octanol–water partition coefficient (Wildman–Crippen LogP) is 2.30. The van der Waals surface area contributed by atoms with Gasteiger partial charge in [0.2, 0.25) is 0 Å². The van der Waals surface area contributed by atoms with Gasteiger partial charge in [0, 0.05) is 38.3 Å². The van der Waals surface area contributed by atoms with Crippen LogP contribution in [0.25, 0.3) is 10.9 Å². The van der Waals surface area contributed by atoms with E-state index in [4.69, 9.17) is 0 Å². The van der Waals surface area contributed by atoms with Gasteiger partial charge in [-0.25, -0.2) is 9.37 Å². The Labute approximate surface area is 144 Å². The fraction of sp³-hybridized carbons (Fsp3) is 0.316. The largest absolute Gasteiger partial charge is 0.295 e. The second kappa shape index (κ2) is 6.37. The number of halogens is 1. The van der Waals surface area contributed by atoms with Gasteiger partial charge >= 0.3 is 0 Å². The normalized spacial score (nSPS) is 15.1. The Bertz CT molecular complexity index is 998. The Hall–Kier alpha value is -2.60. The van der Waals surface area contributed by atoms with E-state index in [0.29, 0.717) is 23.9 Å². The van der Waals surface area contributed by atoms with E-state index in [2.05, 4.69) is 14.9 Å². The molecule has 0 aliphatic carbocycles. The number of fused-ring (bicyclic) bond motifs is 2. The Balaban J connectivity index is 1.62. The molecule has 1 aromatic carbocycles. The summed E-state index contributed by atoms with van der Waals surface area (Å²) in [6.07, 6.45) is 0.689. The maximum atomic E-state index is 13.5. The zero-order chi connectivity index (χ0) is 17.4. The van der Waals surface area contributed by atoms with E-state index < -0.39 is 5.82 Å². The lowest BCUT2D eigenvalue weighted by molar-refractivity contribution is 0.268. The maximum absolute atomic E-state index is 13.5. The second-order valence-corrected chi connectivity index (χ2v) is 6.44. The van der Waals surface area contributed by atoms with E-state index >= 15 is 0 Å². The van der Waals surface area contributed by atoms with Crippen molar-refractivity contribution in [1.82, 2.24) is 19.4 Å². The molecule has 1 aliphatic heterocycles. The average molecular weight is 338 g/mol. The summed E-state index contributed by atoms with van der Waals surface area (Å²) in [6, 6.07) is 10.2. The first kappa shape index (κ1) is 15.9. The van der Waals surface area contributed by atoms with Crippen molar-refractivity contribution in [3.8, 4) is 0 Å². The molecular formula is C19H19FN4O. The third-order valence-electron chi connectivity index (χ3n) is 4.62. The Morgan fingerprint density at radius 1 is 1.12 bits per heavy atom. The SMILES string of the molecule is Cc1cccc(CN2CCc3nc4ccc(F)cc4c(=O)n3CC2)n1. The highest BCUT2D eigenvalue weighted by Crippen LogP contribution is 2.14. The van der Waals surface area contributed by atoms with E-state index in [9.17, 15) is 9.18 Å². The lowest BCUT2D eigenvalue weighted by atomic mass is 10.2. The summed E-state index contributed by atoms with van der Waals surface area (Å²) in [5, 5.41) is 0.345. The minimum absolute atomic E-state index is 0.157. The van der Waals surface area contributed by atoms with Crippen molar-refractivity contribution in [2.75, 3.05) is 13.1 Å². The number of hydrogen-bond acceptors (Lipinski definition) is 4. The third kappa shape index (κ3) is 3.17. The fourth-order valence-corrected chi connectivity index (χ4v) is 3.35. The molecule has 2 aromatic heterocycles. The van der Waals surface area contributed by atoms with E-state index in [1.807, 2.05) is 25.1 Å². The quantitative estimate of drug-likeness (QED) is 0.719. The summed E-state index contributed by atoms with van der Waals surface area (Å²) in [6.45, 7) is 4.84. The summed E-state index contributed by atoms with van der Waals surface area (Å²) in [5.41, 5.74) is 2.43. The van der Waals surface area contributed by atoms with Crippen LogP contribution in [0, 0.1) is 12.7 Å². The van der Waals surface area contributed by atoms with Crippen molar-refractivity contribution in [2.45, 2.75) is 26.4 Å². The number of aryl methyl sites for hydroxylation is 1.